The zero-order valence-electron chi connectivity index (χ0n) is 14.8. The molecule has 1 aliphatic heterocycles. The van der Waals surface area contributed by atoms with Crippen LogP contribution in [0.1, 0.15) is 54.4 Å². The van der Waals surface area contributed by atoms with E-state index in [2.05, 4.69) is 20.9 Å². The van der Waals surface area contributed by atoms with E-state index in [0.717, 1.165) is 31.5 Å². The van der Waals surface area contributed by atoms with E-state index in [1.807, 2.05) is 37.3 Å². The second kappa shape index (κ2) is 9.66. The van der Waals surface area contributed by atoms with Crippen molar-refractivity contribution in [3.05, 3.63) is 47.8 Å². The van der Waals surface area contributed by atoms with Gasteiger partial charge in [0.25, 0.3) is 5.91 Å². The number of rotatable bonds is 6. The Morgan fingerprint density at radius 1 is 1.35 bits per heavy atom. The first-order valence-corrected chi connectivity index (χ1v) is 8.80. The van der Waals surface area contributed by atoms with Crippen molar-refractivity contribution in [3.8, 4) is 0 Å². The van der Waals surface area contributed by atoms with Crippen molar-refractivity contribution in [3.63, 3.8) is 0 Å². The molecule has 8 heteroatoms. The van der Waals surface area contributed by atoms with Crippen LogP contribution in [0.3, 0.4) is 0 Å². The quantitative estimate of drug-likeness (QED) is 0.712. The average Bonchev–Trinajstić information content (AvgIpc) is 3.13. The van der Waals surface area contributed by atoms with E-state index >= 15 is 0 Å². The maximum atomic E-state index is 12.3. The lowest BCUT2D eigenvalue weighted by atomic mass is 10.0. The minimum Gasteiger partial charge on any atom is -0.388 e. The summed E-state index contributed by atoms with van der Waals surface area (Å²) >= 11 is 0. The first kappa shape index (κ1) is 20.4. The topological polar surface area (TPSA) is 92.1 Å². The van der Waals surface area contributed by atoms with Crippen LogP contribution in [0, 0.1) is 0 Å². The zero-order valence-corrected chi connectivity index (χ0v) is 15.7. The fraction of sp³-hybridized carbons (Fsp3) is 0.500. The van der Waals surface area contributed by atoms with Gasteiger partial charge >= 0.3 is 0 Å². The number of piperidine rings is 1. The molecule has 2 heterocycles. The lowest BCUT2D eigenvalue weighted by molar-refractivity contribution is 0.0912. The monoisotopic (exact) mass is 379 g/mol. The summed E-state index contributed by atoms with van der Waals surface area (Å²) in [6.45, 7) is 3.79. The predicted octanol–water partition coefficient (Wildman–Crippen LogP) is 1.87. The molecule has 0 aliphatic carbocycles. The minimum absolute atomic E-state index is 0. The molecule has 0 radical (unpaired) electrons. The van der Waals surface area contributed by atoms with Crippen molar-refractivity contribution < 1.29 is 9.90 Å². The predicted molar refractivity (Wildman–Crippen MR) is 101 cm³/mol. The molecule has 1 aromatic heterocycles. The van der Waals surface area contributed by atoms with E-state index < -0.39 is 6.10 Å². The maximum absolute atomic E-state index is 12.3. The fourth-order valence-corrected chi connectivity index (χ4v) is 3.13. The number of amides is 1. The van der Waals surface area contributed by atoms with E-state index in [9.17, 15) is 9.90 Å². The first-order valence-electron chi connectivity index (χ1n) is 8.80. The highest BCUT2D eigenvalue weighted by atomic mass is 35.5. The third-order valence-electron chi connectivity index (χ3n) is 4.56. The minimum atomic E-state index is -0.609. The van der Waals surface area contributed by atoms with Gasteiger partial charge in [-0.15, -0.1) is 17.5 Å². The lowest BCUT2D eigenvalue weighted by Gasteiger charge is -2.22. The van der Waals surface area contributed by atoms with Gasteiger partial charge in [0.05, 0.1) is 18.3 Å². The molecule has 1 aliphatic rings. The number of carbonyl (C=O) groups is 1. The second-order valence-electron chi connectivity index (χ2n) is 6.60. The van der Waals surface area contributed by atoms with Crippen molar-refractivity contribution in [2.24, 2.45) is 0 Å². The van der Waals surface area contributed by atoms with E-state index in [0.29, 0.717) is 18.2 Å². The molecule has 2 aromatic rings. The first-order chi connectivity index (χ1) is 12.1. The number of benzene rings is 1. The molecule has 0 spiro atoms. The SMILES string of the molecule is CC(CC(O)c1ccccc1)NC(=O)c1cn(C2CCNCC2)nn1.Cl. The van der Waals surface area contributed by atoms with Gasteiger partial charge in [-0.2, -0.15) is 0 Å². The smallest absolute Gasteiger partial charge is 0.273 e. The molecule has 1 aromatic carbocycles. The molecular formula is C18H26ClN5O2. The molecule has 3 rings (SSSR count). The van der Waals surface area contributed by atoms with Gasteiger partial charge in [-0.3, -0.25) is 4.79 Å². The van der Waals surface area contributed by atoms with Crippen molar-refractivity contribution in [1.82, 2.24) is 25.6 Å². The number of carbonyl (C=O) groups excluding carboxylic acids is 1. The third-order valence-corrected chi connectivity index (χ3v) is 4.56. The van der Waals surface area contributed by atoms with Gasteiger partial charge in [-0.25, -0.2) is 4.68 Å². The number of nitrogens with zero attached hydrogens (tertiary/aromatic N) is 3. The molecule has 26 heavy (non-hydrogen) atoms. The van der Waals surface area contributed by atoms with Crippen molar-refractivity contribution in [1.29, 1.82) is 0 Å². The number of hydrogen-bond donors (Lipinski definition) is 3. The van der Waals surface area contributed by atoms with Crippen LogP contribution in [0.25, 0.3) is 0 Å². The number of halogens is 1. The largest absolute Gasteiger partial charge is 0.388 e. The van der Waals surface area contributed by atoms with Crippen LogP contribution in [0.5, 0.6) is 0 Å². The summed E-state index contributed by atoms with van der Waals surface area (Å²) in [4.78, 5) is 12.3. The average molecular weight is 380 g/mol. The Labute approximate surface area is 159 Å². The van der Waals surface area contributed by atoms with E-state index in [4.69, 9.17) is 0 Å². The highest BCUT2D eigenvalue weighted by molar-refractivity contribution is 5.92. The van der Waals surface area contributed by atoms with Crippen LogP contribution in [0.2, 0.25) is 0 Å². The van der Waals surface area contributed by atoms with Gasteiger partial charge in [0.15, 0.2) is 5.69 Å². The van der Waals surface area contributed by atoms with E-state index in [-0.39, 0.29) is 24.4 Å². The summed E-state index contributed by atoms with van der Waals surface area (Å²) in [7, 11) is 0. The summed E-state index contributed by atoms with van der Waals surface area (Å²) in [5.74, 6) is -0.257. The molecule has 1 fully saturated rings. The fourth-order valence-electron chi connectivity index (χ4n) is 3.13. The number of hydrogen-bond acceptors (Lipinski definition) is 5. The Morgan fingerprint density at radius 3 is 2.73 bits per heavy atom. The van der Waals surface area contributed by atoms with Gasteiger partial charge in [-0.1, -0.05) is 35.5 Å². The van der Waals surface area contributed by atoms with Crippen LogP contribution in [0.15, 0.2) is 36.5 Å². The molecule has 0 bridgehead atoms. The van der Waals surface area contributed by atoms with Crippen molar-refractivity contribution in [2.45, 2.75) is 44.4 Å². The Kier molecular flexibility index (Phi) is 7.56. The zero-order chi connectivity index (χ0) is 17.6. The summed E-state index contributed by atoms with van der Waals surface area (Å²) < 4.78 is 1.79. The number of aliphatic hydroxyl groups is 1. The van der Waals surface area contributed by atoms with Crippen LogP contribution in [-0.4, -0.2) is 45.1 Å². The van der Waals surface area contributed by atoms with Gasteiger partial charge in [0, 0.05) is 6.04 Å². The third kappa shape index (κ3) is 5.27. The lowest BCUT2D eigenvalue weighted by Crippen LogP contribution is -2.34. The molecule has 2 unspecified atom stereocenters. The normalized spacial score (nSPS) is 17.2. The Balaban J connectivity index is 0.00000243. The number of aliphatic hydroxyl groups excluding tert-OH is 1. The molecule has 1 amide bonds. The van der Waals surface area contributed by atoms with Gasteiger partial charge in [-0.05, 0) is 44.8 Å². The van der Waals surface area contributed by atoms with E-state index in [1.54, 1.807) is 10.9 Å². The molecule has 0 saturated carbocycles. The molecule has 7 nitrogen and oxygen atoms in total. The van der Waals surface area contributed by atoms with Gasteiger partial charge < -0.3 is 15.7 Å². The second-order valence-corrected chi connectivity index (χ2v) is 6.60. The van der Waals surface area contributed by atoms with Crippen LogP contribution >= 0.6 is 12.4 Å². The van der Waals surface area contributed by atoms with E-state index in [1.165, 1.54) is 0 Å². The van der Waals surface area contributed by atoms with Gasteiger partial charge in [0.2, 0.25) is 0 Å². The van der Waals surface area contributed by atoms with Gasteiger partial charge in [0.1, 0.15) is 0 Å². The molecule has 2 atom stereocenters. The highest BCUT2D eigenvalue weighted by Gasteiger charge is 2.20. The van der Waals surface area contributed by atoms with Crippen molar-refractivity contribution in [2.75, 3.05) is 13.1 Å². The number of nitrogens with one attached hydrogen (secondary N) is 2. The standard InChI is InChI=1S/C18H25N5O2.ClH/c1-13(11-17(24)14-5-3-2-4-6-14)20-18(25)16-12-23(22-21-16)15-7-9-19-10-8-15;/h2-6,12-13,15,17,19,24H,7-11H2,1H3,(H,20,25);1H. The molecule has 1 saturated heterocycles. The molecule has 142 valence electrons. The molecule has 3 N–H and O–H groups in total. The Bertz CT molecular complexity index is 688. The highest BCUT2D eigenvalue weighted by Crippen LogP contribution is 2.19. The van der Waals surface area contributed by atoms with Crippen LogP contribution < -0.4 is 10.6 Å². The van der Waals surface area contributed by atoms with Crippen LogP contribution in [0.4, 0.5) is 0 Å². The summed E-state index contributed by atoms with van der Waals surface area (Å²) in [5.41, 5.74) is 1.17. The maximum Gasteiger partial charge on any atom is 0.273 e. The Hall–Kier alpha value is -1.96. The Morgan fingerprint density at radius 2 is 2.04 bits per heavy atom. The number of aromatic nitrogens is 3. The summed E-state index contributed by atoms with van der Waals surface area (Å²) in [5, 5.41) is 24.6. The molecular weight excluding hydrogens is 354 g/mol. The summed E-state index contributed by atoms with van der Waals surface area (Å²) in [6.07, 6.45) is 3.53. The summed E-state index contributed by atoms with van der Waals surface area (Å²) in [6, 6.07) is 9.57. The van der Waals surface area contributed by atoms with Crippen LogP contribution in [-0.2, 0) is 0 Å². The van der Waals surface area contributed by atoms with Crippen molar-refractivity contribution >= 4 is 18.3 Å².